The van der Waals surface area contributed by atoms with Gasteiger partial charge in [-0.1, -0.05) is 0 Å². The first-order chi connectivity index (χ1) is 8.76. The summed E-state index contributed by atoms with van der Waals surface area (Å²) in [6, 6.07) is 4.02. The second-order valence-electron chi connectivity index (χ2n) is 4.15. The van der Waals surface area contributed by atoms with Crippen molar-refractivity contribution < 1.29 is 14.2 Å². The van der Waals surface area contributed by atoms with Gasteiger partial charge in [0.25, 0.3) is 0 Å². The van der Waals surface area contributed by atoms with Crippen molar-refractivity contribution in [2.24, 2.45) is 5.73 Å². The molecule has 0 aliphatic rings. The van der Waals surface area contributed by atoms with E-state index in [0.29, 0.717) is 6.61 Å². The third kappa shape index (κ3) is 3.89. The van der Waals surface area contributed by atoms with Crippen molar-refractivity contribution in [2.45, 2.75) is 25.9 Å². The van der Waals surface area contributed by atoms with Crippen LogP contribution in [-0.4, -0.2) is 27.9 Å². The highest BCUT2D eigenvalue weighted by Gasteiger charge is 2.10. The van der Waals surface area contributed by atoms with Crippen LogP contribution in [0.1, 0.15) is 24.0 Å². The highest BCUT2D eigenvalue weighted by atomic mass is 16.5. The molecule has 0 unspecified atom stereocenters. The van der Waals surface area contributed by atoms with Gasteiger partial charge in [0.2, 0.25) is 0 Å². The summed E-state index contributed by atoms with van der Waals surface area (Å²) in [4.78, 5) is 0. The zero-order valence-corrected chi connectivity index (χ0v) is 11.5. The predicted octanol–water partition coefficient (Wildman–Crippen LogP) is 2.13. The van der Waals surface area contributed by atoms with Crippen LogP contribution in [0.4, 0.5) is 0 Å². The van der Waals surface area contributed by atoms with Crippen molar-refractivity contribution in [3.8, 4) is 11.5 Å². The average Bonchev–Trinajstić information content (AvgIpc) is 2.40. The van der Waals surface area contributed by atoms with Crippen molar-refractivity contribution in [1.29, 1.82) is 0 Å². The van der Waals surface area contributed by atoms with Gasteiger partial charge in [-0.05, 0) is 49.1 Å². The second-order valence-corrected chi connectivity index (χ2v) is 4.15. The minimum atomic E-state index is 0.582. The number of unbranched alkanes of at least 4 members (excludes halogenated alkanes) is 1. The molecule has 0 aliphatic heterocycles. The Labute approximate surface area is 109 Å². The smallest absolute Gasteiger partial charge is 0.161 e. The molecule has 4 nitrogen and oxygen atoms in total. The van der Waals surface area contributed by atoms with Crippen LogP contribution in [0, 0.1) is 0 Å². The number of benzene rings is 1. The third-order valence-electron chi connectivity index (χ3n) is 2.91. The van der Waals surface area contributed by atoms with Crippen molar-refractivity contribution in [1.82, 2.24) is 0 Å². The average molecular weight is 253 g/mol. The zero-order chi connectivity index (χ0) is 13.4. The van der Waals surface area contributed by atoms with Gasteiger partial charge in [0.15, 0.2) is 11.5 Å². The Balaban J connectivity index is 2.96. The molecule has 0 fully saturated rings. The fourth-order valence-corrected chi connectivity index (χ4v) is 1.95. The molecule has 18 heavy (non-hydrogen) atoms. The highest BCUT2D eigenvalue weighted by molar-refractivity contribution is 5.47. The van der Waals surface area contributed by atoms with Gasteiger partial charge in [-0.2, -0.15) is 0 Å². The Hall–Kier alpha value is -1.26. The summed E-state index contributed by atoms with van der Waals surface area (Å²) in [5.74, 6) is 1.51. The van der Waals surface area contributed by atoms with Gasteiger partial charge in [-0.25, -0.2) is 0 Å². The van der Waals surface area contributed by atoms with Crippen molar-refractivity contribution in [3.63, 3.8) is 0 Å². The molecule has 0 spiro atoms. The minimum Gasteiger partial charge on any atom is -0.493 e. The van der Waals surface area contributed by atoms with E-state index in [2.05, 4.69) is 0 Å². The molecule has 2 N–H and O–H groups in total. The molecule has 102 valence electrons. The van der Waals surface area contributed by atoms with Gasteiger partial charge in [-0.3, -0.25) is 0 Å². The molecule has 4 heteroatoms. The Bertz CT molecular complexity index is 366. The van der Waals surface area contributed by atoms with Gasteiger partial charge in [-0.15, -0.1) is 0 Å². The largest absolute Gasteiger partial charge is 0.493 e. The van der Waals surface area contributed by atoms with Crippen LogP contribution in [0.15, 0.2) is 12.1 Å². The maximum atomic E-state index is 5.52. The number of rotatable bonds is 8. The van der Waals surface area contributed by atoms with Crippen molar-refractivity contribution in [3.05, 3.63) is 23.3 Å². The van der Waals surface area contributed by atoms with Crippen LogP contribution in [0.25, 0.3) is 0 Å². The molecule has 0 aromatic heterocycles. The molecule has 1 rings (SSSR count). The molecule has 0 heterocycles. The summed E-state index contributed by atoms with van der Waals surface area (Å²) in [6.45, 7) is 1.31. The van der Waals surface area contributed by atoms with E-state index < -0.39 is 0 Å². The van der Waals surface area contributed by atoms with Gasteiger partial charge in [0.1, 0.15) is 0 Å². The van der Waals surface area contributed by atoms with Gasteiger partial charge < -0.3 is 19.9 Å². The Morgan fingerprint density at radius 3 is 2.06 bits per heavy atom. The van der Waals surface area contributed by atoms with E-state index in [1.165, 1.54) is 5.56 Å². The topological polar surface area (TPSA) is 53.7 Å². The van der Waals surface area contributed by atoms with Crippen LogP contribution in [-0.2, 0) is 17.8 Å². The summed E-state index contributed by atoms with van der Waals surface area (Å²) >= 11 is 0. The summed E-state index contributed by atoms with van der Waals surface area (Å²) in [6.07, 6.45) is 3.08. The Morgan fingerprint density at radius 2 is 1.56 bits per heavy atom. The fourth-order valence-electron chi connectivity index (χ4n) is 1.95. The van der Waals surface area contributed by atoms with E-state index in [-0.39, 0.29) is 0 Å². The predicted molar refractivity (Wildman–Crippen MR) is 72.3 cm³/mol. The van der Waals surface area contributed by atoms with E-state index in [4.69, 9.17) is 19.9 Å². The first-order valence-electron chi connectivity index (χ1n) is 6.19. The van der Waals surface area contributed by atoms with Crippen LogP contribution in [0.3, 0.4) is 0 Å². The standard InChI is InChI=1S/C14H23NO3/c1-16-10-12-9-14(18-3)13(17-2)8-11(12)6-4-5-7-15/h8-9H,4-7,10,15H2,1-3H3. The number of hydrogen-bond acceptors (Lipinski definition) is 4. The van der Waals surface area contributed by atoms with Crippen molar-refractivity contribution in [2.75, 3.05) is 27.9 Å². The number of aryl methyl sites for hydroxylation is 1. The highest BCUT2D eigenvalue weighted by Crippen LogP contribution is 2.31. The van der Waals surface area contributed by atoms with Crippen LogP contribution in [0.5, 0.6) is 11.5 Å². The number of nitrogens with two attached hydrogens (primary N) is 1. The lowest BCUT2D eigenvalue weighted by atomic mass is 10.0. The maximum Gasteiger partial charge on any atom is 0.161 e. The van der Waals surface area contributed by atoms with Gasteiger partial charge in [0.05, 0.1) is 20.8 Å². The van der Waals surface area contributed by atoms with E-state index in [1.807, 2.05) is 12.1 Å². The number of methoxy groups -OCH3 is 3. The minimum absolute atomic E-state index is 0.582. The number of hydrogen-bond donors (Lipinski definition) is 1. The normalized spacial score (nSPS) is 10.4. The lowest BCUT2D eigenvalue weighted by molar-refractivity contribution is 0.183. The van der Waals surface area contributed by atoms with E-state index in [0.717, 1.165) is 42.9 Å². The monoisotopic (exact) mass is 253 g/mol. The zero-order valence-electron chi connectivity index (χ0n) is 11.5. The Morgan fingerprint density at radius 1 is 0.944 bits per heavy atom. The van der Waals surface area contributed by atoms with E-state index in [1.54, 1.807) is 21.3 Å². The first kappa shape index (κ1) is 14.8. The summed E-state index contributed by atoms with van der Waals surface area (Å²) in [5, 5.41) is 0. The van der Waals surface area contributed by atoms with Crippen LogP contribution in [0.2, 0.25) is 0 Å². The molecule has 0 radical (unpaired) electrons. The summed E-state index contributed by atoms with van der Waals surface area (Å²) in [7, 11) is 4.99. The molecule has 0 atom stereocenters. The lowest BCUT2D eigenvalue weighted by Crippen LogP contribution is -2.03. The van der Waals surface area contributed by atoms with Crippen LogP contribution < -0.4 is 15.2 Å². The third-order valence-corrected chi connectivity index (χ3v) is 2.91. The molecule has 1 aromatic carbocycles. The molecule has 0 aliphatic carbocycles. The number of ether oxygens (including phenoxy) is 3. The SMILES string of the molecule is COCc1cc(OC)c(OC)cc1CCCCN. The fraction of sp³-hybridized carbons (Fsp3) is 0.571. The molecule has 1 aromatic rings. The summed E-state index contributed by atoms with van der Waals surface area (Å²) < 4.78 is 15.9. The molecular weight excluding hydrogens is 230 g/mol. The molecule has 0 bridgehead atoms. The van der Waals surface area contributed by atoms with Crippen molar-refractivity contribution >= 4 is 0 Å². The lowest BCUT2D eigenvalue weighted by Gasteiger charge is -2.14. The quantitative estimate of drug-likeness (QED) is 0.721. The summed E-state index contributed by atoms with van der Waals surface area (Å²) in [5.41, 5.74) is 7.91. The molecule has 0 saturated carbocycles. The van der Waals surface area contributed by atoms with Gasteiger partial charge in [0, 0.05) is 7.11 Å². The molecule has 0 amide bonds. The molecular formula is C14H23NO3. The van der Waals surface area contributed by atoms with E-state index >= 15 is 0 Å². The Kier molecular flexibility index (Phi) is 6.54. The second kappa shape index (κ2) is 7.95. The van der Waals surface area contributed by atoms with Crippen LogP contribution >= 0.6 is 0 Å². The molecule has 0 saturated heterocycles. The van der Waals surface area contributed by atoms with Gasteiger partial charge >= 0.3 is 0 Å². The first-order valence-corrected chi connectivity index (χ1v) is 6.19. The maximum absolute atomic E-state index is 5.52. The van der Waals surface area contributed by atoms with E-state index in [9.17, 15) is 0 Å².